The molecule has 2 heteroatoms. The van der Waals surface area contributed by atoms with Crippen LogP contribution in [0.2, 0.25) is 0 Å². The maximum Gasteiger partial charge on any atom is 0.0510 e. The smallest absolute Gasteiger partial charge is 0.0510 e. The molecular weight excluding hydrogens is 172 g/mol. The Morgan fingerprint density at radius 2 is 1.71 bits per heavy atom. The lowest BCUT2D eigenvalue weighted by Gasteiger charge is -2.28. The molecule has 14 heavy (non-hydrogen) atoms. The summed E-state index contributed by atoms with van der Waals surface area (Å²) in [5, 5.41) is 6.67. The van der Waals surface area contributed by atoms with Crippen molar-refractivity contribution in [3.8, 4) is 0 Å². The van der Waals surface area contributed by atoms with Crippen LogP contribution in [0.5, 0.6) is 0 Å². The second-order valence-corrected chi connectivity index (χ2v) is 3.37. The molecule has 0 radical (unpaired) electrons. The van der Waals surface area contributed by atoms with Gasteiger partial charge in [-0.2, -0.15) is 0 Å². The Kier molecular flexibility index (Phi) is 4.47. The van der Waals surface area contributed by atoms with Crippen LogP contribution < -0.4 is 10.6 Å². The van der Waals surface area contributed by atoms with Crippen molar-refractivity contribution in [2.45, 2.75) is 26.8 Å². The molecule has 1 aliphatic heterocycles. The molecule has 1 saturated heterocycles. The molecule has 0 aromatic heterocycles. The molecule has 1 aromatic carbocycles. The lowest BCUT2D eigenvalue weighted by atomic mass is 10.1. The van der Waals surface area contributed by atoms with Crippen molar-refractivity contribution >= 4 is 5.69 Å². The van der Waals surface area contributed by atoms with Gasteiger partial charge in [0, 0.05) is 18.8 Å². The van der Waals surface area contributed by atoms with Gasteiger partial charge in [-0.15, -0.1) is 0 Å². The van der Waals surface area contributed by atoms with Crippen LogP contribution in [0.4, 0.5) is 5.69 Å². The van der Waals surface area contributed by atoms with E-state index in [9.17, 15) is 0 Å². The summed E-state index contributed by atoms with van der Waals surface area (Å²) >= 11 is 0. The normalized spacial score (nSPS) is 15.1. The average molecular weight is 192 g/mol. The summed E-state index contributed by atoms with van der Waals surface area (Å²) in [7, 11) is 0. The number of hydrogen-bond donors (Lipinski definition) is 2. The molecule has 1 heterocycles. The van der Waals surface area contributed by atoms with Crippen LogP contribution in [0.1, 0.15) is 19.4 Å². The SMILES string of the molecule is CC.Cc1ccc(NC2CNC2)cc1. The molecular formula is C12H20N2. The Balaban J connectivity index is 0.000000461. The molecule has 1 aromatic rings. The van der Waals surface area contributed by atoms with Crippen LogP contribution in [0.15, 0.2) is 24.3 Å². The van der Waals surface area contributed by atoms with Gasteiger partial charge in [0.25, 0.3) is 0 Å². The van der Waals surface area contributed by atoms with Gasteiger partial charge in [-0.05, 0) is 19.1 Å². The summed E-state index contributed by atoms with van der Waals surface area (Å²) in [6, 6.07) is 9.16. The monoisotopic (exact) mass is 192 g/mol. The summed E-state index contributed by atoms with van der Waals surface area (Å²) in [5.41, 5.74) is 2.54. The van der Waals surface area contributed by atoms with E-state index in [1.807, 2.05) is 13.8 Å². The molecule has 2 rings (SSSR count). The minimum absolute atomic E-state index is 0.632. The van der Waals surface area contributed by atoms with Crippen LogP contribution in [0, 0.1) is 6.92 Å². The van der Waals surface area contributed by atoms with E-state index >= 15 is 0 Å². The van der Waals surface area contributed by atoms with Crippen LogP contribution in [0.25, 0.3) is 0 Å². The third-order valence-corrected chi connectivity index (χ3v) is 2.20. The first kappa shape index (κ1) is 11.1. The van der Waals surface area contributed by atoms with Crippen molar-refractivity contribution in [2.24, 2.45) is 0 Å². The van der Waals surface area contributed by atoms with Gasteiger partial charge in [0.15, 0.2) is 0 Å². The van der Waals surface area contributed by atoms with Gasteiger partial charge in [0.2, 0.25) is 0 Å². The van der Waals surface area contributed by atoms with Gasteiger partial charge >= 0.3 is 0 Å². The Hall–Kier alpha value is -1.02. The van der Waals surface area contributed by atoms with Crippen molar-refractivity contribution in [3.63, 3.8) is 0 Å². The van der Waals surface area contributed by atoms with E-state index in [1.54, 1.807) is 0 Å². The first-order valence-electron chi connectivity index (χ1n) is 5.38. The van der Waals surface area contributed by atoms with E-state index in [-0.39, 0.29) is 0 Å². The van der Waals surface area contributed by atoms with Gasteiger partial charge in [-0.25, -0.2) is 0 Å². The maximum atomic E-state index is 3.44. The van der Waals surface area contributed by atoms with Crippen molar-refractivity contribution in [3.05, 3.63) is 29.8 Å². The molecule has 0 unspecified atom stereocenters. The van der Waals surface area contributed by atoms with E-state index < -0.39 is 0 Å². The van der Waals surface area contributed by atoms with E-state index in [4.69, 9.17) is 0 Å². The van der Waals surface area contributed by atoms with Gasteiger partial charge in [-0.1, -0.05) is 31.5 Å². The van der Waals surface area contributed by atoms with Gasteiger partial charge in [0.1, 0.15) is 0 Å². The molecule has 78 valence electrons. The number of anilines is 1. The fraction of sp³-hybridized carbons (Fsp3) is 0.500. The zero-order valence-electron chi connectivity index (χ0n) is 9.30. The number of nitrogens with one attached hydrogen (secondary N) is 2. The second kappa shape index (κ2) is 5.66. The summed E-state index contributed by atoms with van der Waals surface area (Å²) in [5.74, 6) is 0. The number of aryl methyl sites for hydroxylation is 1. The number of hydrogen-bond acceptors (Lipinski definition) is 2. The molecule has 0 amide bonds. The van der Waals surface area contributed by atoms with E-state index in [0.717, 1.165) is 13.1 Å². The summed E-state index contributed by atoms with van der Waals surface area (Å²) < 4.78 is 0. The zero-order valence-corrected chi connectivity index (χ0v) is 9.30. The molecule has 1 fully saturated rings. The topological polar surface area (TPSA) is 24.1 Å². The molecule has 0 saturated carbocycles. The zero-order chi connectivity index (χ0) is 10.4. The van der Waals surface area contributed by atoms with Gasteiger partial charge < -0.3 is 10.6 Å². The predicted molar refractivity (Wildman–Crippen MR) is 62.8 cm³/mol. The molecule has 2 N–H and O–H groups in total. The van der Waals surface area contributed by atoms with E-state index in [0.29, 0.717) is 6.04 Å². The van der Waals surface area contributed by atoms with Gasteiger partial charge in [0.05, 0.1) is 6.04 Å². The van der Waals surface area contributed by atoms with Gasteiger partial charge in [-0.3, -0.25) is 0 Å². The lowest BCUT2D eigenvalue weighted by Crippen LogP contribution is -2.51. The molecule has 0 aliphatic carbocycles. The highest BCUT2D eigenvalue weighted by atomic mass is 15.1. The Labute approximate surface area is 86.7 Å². The van der Waals surface area contributed by atoms with Crippen LogP contribution >= 0.6 is 0 Å². The Bertz CT molecular complexity index is 250. The fourth-order valence-corrected chi connectivity index (χ4v) is 1.28. The molecule has 1 aliphatic rings. The molecule has 2 nitrogen and oxygen atoms in total. The van der Waals surface area contributed by atoms with Crippen LogP contribution in [-0.4, -0.2) is 19.1 Å². The van der Waals surface area contributed by atoms with Crippen molar-refractivity contribution in [1.29, 1.82) is 0 Å². The largest absolute Gasteiger partial charge is 0.380 e. The predicted octanol–water partition coefficient (Wildman–Crippen LogP) is 2.40. The van der Waals surface area contributed by atoms with Crippen molar-refractivity contribution < 1.29 is 0 Å². The first-order chi connectivity index (χ1) is 6.84. The highest BCUT2D eigenvalue weighted by Crippen LogP contribution is 2.10. The molecule has 0 atom stereocenters. The highest BCUT2D eigenvalue weighted by molar-refractivity contribution is 5.45. The van der Waals surface area contributed by atoms with Crippen LogP contribution in [-0.2, 0) is 0 Å². The van der Waals surface area contributed by atoms with E-state index in [1.165, 1.54) is 11.3 Å². The Morgan fingerprint density at radius 1 is 1.14 bits per heavy atom. The average Bonchev–Trinajstić information content (AvgIpc) is 2.17. The first-order valence-corrected chi connectivity index (χ1v) is 5.38. The van der Waals surface area contributed by atoms with Crippen LogP contribution in [0.3, 0.4) is 0 Å². The number of benzene rings is 1. The maximum absolute atomic E-state index is 3.44. The summed E-state index contributed by atoms with van der Waals surface area (Å²) in [6.07, 6.45) is 0. The lowest BCUT2D eigenvalue weighted by molar-refractivity contribution is 0.472. The minimum atomic E-state index is 0.632. The quantitative estimate of drug-likeness (QED) is 0.752. The second-order valence-electron chi connectivity index (χ2n) is 3.37. The highest BCUT2D eigenvalue weighted by Gasteiger charge is 2.15. The summed E-state index contributed by atoms with van der Waals surface area (Å²) in [6.45, 7) is 8.29. The van der Waals surface area contributed by atoms with Crippen molar-refractivity contribution in [1.82, 2.24) is 5.32 Å². The molecule has 0 spiro atoms. The third-order valence-electron chi connectivity index (χ3n) is 2.20. The summed E-state index contributed by atoms with van der Waals surface area (Å²) in [4.78, 5) is 0. The standard InChI is InChI=1S/C10H14N2.C2H6/c1-8-2-4-9(5-3-8)12-10-6-11-7-10;1-2/h2-5,10-12H,6-7H2,1H3;1-2H3. The van der Waals surface area contributed by atoms with Crippen molar-refractivity contribution in [2.75, 3.05) is 18.4 Å². The minimum Gasteiger partial charge on any atom is -0.380 e. The number of rotatable bonds is 2. The third kappa shape index (κ3) is 3.04. The van der Waals surface area contributed by atoms with E-state index in [2.05, 4.69) is 41.8 Å². The fourth-order valence-electron chi connectivity index (χ4n) is 1.28. The Morgan fingerprint density at radius 3 is 2.14 bits per heavy atom. The molecule has 0 bridgehead atoms.